The number of nitrogens with one attached hydrogen (secondary N) is 1. The highest BCUT2D eigenvalue weighted by atomic mass is 16.6. The van der Waals surface area contributed by atoms with Gasteiger partial charge in [-0.05, 0) is 33.3 Å². The molecule has 2 rings (SSSR count). The Labute approximate surface area is 150 Å². The van der Waals surface area contributed by atoms with Crippen LogP contribution in [0.4, 0.5) is 4.79 Å². The van der Waals surface area contributed by atoms with Crippen molar-refractivity contribution in [3.63, 3.8) is 0 Å². The second-order valence-corrected chi connectivity index (χ2v) is 7.45. The summed E-state index contributed by atoms with van der Waals surface area (Å²) in [6.45, 7) is 11.0. The van der Waals surface area contributed by atoms with Gasteiger partial charge in [-0.1, -0.05) is 30.3 Å². The maximum absolute atomic E-state index is 12.5. The van der Waals surface area contributed by atoms with E-state index in [2.05, 4.69) is 22.3 Å². The fourth-order valence-electron chi connectivity index (χ4n) is 2.79. The van der Waals surface area contributed by atoms with Crippen molar-refractivity contribution < 1.29 is 14.3 Å². The minimum Gasteiger partial charge on any atom is -0.444 e. The number of alkyl carbamates (subject to hydrolysis) is 1. The number of amides is 2. The molecule has 1 heterocycles. The average Bonchev–Trinajstić information content (AvgIpc) is 2.54. The van der Waals surface area contributed by atoms with Crippen molar-refractivity contribution in [2.75, 3.05) is 26.2 Å². The number of nitrogens with zero attached hydrogens (tertiary/aromatic N) is 2. The van der Waals surface area contributed by atoms with E-state index in [4.69, 9.17) is 4.74 Å². The van der Waals surface area contributed by atoms with Crippen molar-refractivity contribution >= 4 is 12.0 Å². The molecule has 0 radical (unpaired) electrons. The van der Waals surface area contributed by atoms with Gasteiger partial charge in [-0.2, -0.15) is 0 Å². The molecule has 6 heteroatoms. The van der Waals surface area contributed by atoms with Crippen molar-refractivity contribution in [1.82, 2.24) is 15.1 Å². The summed E-state index contributed by atoms with van der Waals surface area (Å²) in [5.74, 6) is -0.0646. The number of piperazine rings is 1. The second kappa shape index (κ2) is 8.34. The number of ether oxygens (including phenoxy) is 1. The molecule has 1 aromatic carbocycles. The Bertz CT molecular complexity index is 575. The molecule has 0 bridgehead atoms. The number of hydrogen-bond acceptors (Lipinski definition) is 4. The number of rotatable bonds is 4. The Morgan fingerprint density at radius 3 is 2.28 bits per heavy atom. The Morgan fingerprint density at radius 2 is 1.72 bits per heavy atom. The zero-order valence-electron chi connectivity index (χ0n) is 15.6. The lowest BCUT2D eigenvalue weighted by molar-refractivity contribution is -0.134. The molecule has 138 valence electrons. The zero-order chi connectivity index (χ0) is 18.4. The fraction of sp³-hybridized carbons (Fsp3) is 0.579. The van der Waals surface area contributed by atoms with Crippen LogP contribution in [-0.2, 0) is 16.1 Å². The fourth-order valence-corrected chi connectivity index (χ4v) is 2.79. The minimum absolute atomic E-state index is 0.0646. The standard InChI is InChI=1S/C19H29N3O3/c1-15(20-18(24)25-19(2,3)4)17(23)22-12-10-21(11-13-22)14-16-8-6-5-7-9-16/h5-9,15H,10-14H2,1-4H3,(H,20,24)/t15-/m0/s1. The molecule has 0 saturated carbocycles. The van der Waals surface area contributed by atoms with Gasteiger partial charge in [0.25, 0.3) is 0 Å². The van der Waals surface area contributed by atoms with Crippen LogP contribution in [-0.4, -0.2) is 59.6 Å². The van der Waals surface area contributed by atoms with Gasteiger partial charge in [0, 0.05) is 32.7 Å². The van der Waals surface area contributed by atoms with Gasteiger partial charge in [-0.25, -0.2) is 4.79 Å². The quantitative estimate of drug-likeness (QED) is 0.907. The van der Waals surface area contributed by atoms with Crippen LogP contribution in [0.1, 0.15) is 33.3 Å². The van der Waals surface area contributed by atoms with E-state index in [-0.39, 0.29) is 5.91 Å². The molecular formula is C19H29N3O3. The monoisotopic (exact) mass is 347 g/mol. The molecule has 1 aromatic rings. The molecule has 0 aromatic heterocycles. The topological polar surface area (TPSA) is 61.9 Å². The average molecular weight is 347 g/mol. The second-order valence-electron chi connectivity index (χ2n) is 7.45. The van der Waals surface area contributed by atoms with Gasteiger partial charge in [0.1, 0.15) is 11.6 Å². The number of carbonyl (C=O) groups excluding carboxylic acids is 2. The molecule has 1 saturated heterocycles. The predicted octanol–water partition coefficient (Wildman–Crippen LogP) is 2.24. The van der Waals surface area contributed by atoms with Gasteiger partial charge in [-0.3, -0.25) is 9.69 Å². The Kier molecular flexibility index (Phi) is 6.42. The van der Waals surface area contributed by atoms with Crippen LogP contribution < -0.4 is 5.32 Å². The first kappa shape index (κ1) is 19.2. The van der Waals surface area contributed by atoms with E-state index in [0.717, 1.165) is 19.6 Å². The summed E-state index contributed by atoms with van der Waals surface area (Å²) in [4.78, 5) is 28.4. The molecule has 0 spiro atoms. The van der Waals surface area contributed by atoms with E-state index in [1.165, 1.54) is 5.56 Å². The van der Waals surface area contributed by atoms with Crippen LogP contribution in [0.25, 0.3) is 0 Å². The molecule has 2 amide bonds. The maximum Gasteiger partial charge on any atom is 0.408 e. The molecule has 25 heavy (non-hydrogen) atoms. The van der Waals surface area contributed by atoms with Gasteiger partial charge < -0.3 is 15.0 Å². The molecule has 0 unspecified atom stereocenters. The lowest BCUT2D eigenvalue weighted by atomic mass is 10.2. The lowest BCUT2D eigenvalue weighted by Gasteiger charge is -2.36. The zero-order valence-corrected chi connectivity index (χ0v) is 15.6. The summed E-state index contributed by atoms with van der Waals surface area (Å²) < 4.78 is 5.20. The first-order valence-corrected chi connectivity index (χ1v) is 8.79. The minimum atomic E-state index is -0.587. The molecular weight excluding hydrogens is 318 g/mol. The molecule has 1 fully saturated rings. The van der Waals surface area contributed by atoms with Crippen LogP contribution in [0.15, 0.2) is 30.3 Å². The molecule has 0 aliphatic carbocycles. The number of hydrogen-bond donors (Lipinski definition) is 1. The summed E-state index contributed by atoms with van der Waals surface area (Å²) in [5, 5.41) is 2.62. The predicted molar refractivity (Wildman–Crippen MR) is 97.1 cm³/mol. The van der Waals surface area contributed by atoms with Crippen molar-refractivity contribution in [2.45, 2.75) is 45.9 Å². The Hall–Kier alpha value is -2.08. The summed E-state index contributed by atoms with van der Waals surface area (Å²) in [5.41, 5.74) is 0.706. The van der Waals surface area contributed by atoms with E-state index >= 15 is 0 Å². The maximum atomic E-state index is 12.5. The normalized spacial score (nSPS) is 17.0. The largest absolute Gasteiger partial charge is 0.444 e. The first-order chi connectivity index (χ1) is 11.7. The van der Waals surface area contributed by atoms with E-state index in [0.29, 0.717) is 13.1 Å². The van der Waals surface area contributed by atoms with E-state index in [9.17, 15) is 9.59 Å². The van der Waals surface area contributed by atoms with Crippen LogP contribution in [0, 0.1) is 0 Å². The van der Waals surface area contributed by atoms with Gasteiger partial charge in [0.15, 0.2) is 0 Å². The molecule has 1 aliphatic rings. The van der Waals surface area contributed by atoms with Crippen LogP contribution >= 0.6 is 0 Å². The summed E-state index contributed by atoms with van der Waals surface area (Å²) in [7, 11) is 0. The number of benzene rings is 1. The molecule has 1 aliphatic heterocycles. The van der Waals surface area contributed by atoms with Crippen LogP contribution in [0.2, 0.25) is 0 Å². The van der Waals surface area contributed by atoms with Crippen molar-refractivity contribution in [2.24, 2.45) is 0 Å². The Balaban J connectivity index is 1.77. The van der Waals surface area contributed by atoms with E-state index in [1.54, 1.807) is 27.7 Å². The summed E-state index contributed by atoms with van der Waals surface area (Å²) >= 11 is 0. The highest BCUT2D eigenvalue weighted by Gasteiger charge is 2.27. The van der Waals surface area contributed by atoms with Crippen molar-refractivity contribution in [3.8, 4) is 0 Å². The van der Waals surface area contributed by atoms with Gasteiger partial charge >= 0.3 is 6.09 Å². The highest BCUT2D eigenvalue weighted by Crippen LogP contribution is 2.10. The van der Waals surface area contributed by atoms with Crippen molar-refractivity contribution in [3.05, 3.63) is 35.9 Å². The Morgan fingerprint density at radius 1 is 1.12 bits per heavy atom. The third-order valence-electron chi connectivity index (χ3n) is 4.04. The van der Waals surface area contributed by atoms with Gasteiger partial charge in [-0.15, -0.1) is 0 Å². The number of carbonyl (C=O) groups is 2. The molecule has 1 atom stereocenters. The first-order valence-electron chi connectivity index (χ1n) is 8.79. The summed E-state index contributed by atoms with van der Waals surface area (Å²) in [6.07, 6.45) is -0.559. The third kappa shape index (κ3) is 6.38. The van der Waals surface area contributed by atoms with E-state index < -0.39 is 17.7 Å². The lowest BCUT2D eigenvalue weighted by Crippen LogP contribution is -2.54. The SMILES string of the molecule is C[C@H](NC(=O)OC(C)(C)C)C(=O)N1CCN(Cc2ccccc2)CC1. The van der Waals surface area contributed by atoms with Crippen molar-refractivity contribution in [1.29, 1.82) is 0 Å². The third-order valence-corrected chi connectivity index (χ3v) is 4.04. The van der Waals surface area contributed by atoms with E-state index in [1.807, 2.05) is 23.1 Å². The highest BCUT2D eigenvalue weighted by molar-refractivity contribution is 5.85. The molecule has 6 nitrogen and oxygen atoms in total. The molecule has 1 N–H and O–H groups in total. The van der Waals surface area contributed by atoms with Gasteiger partial charge in [0.05, 0.1) is 0 Å². The smallest absolute Gasteiger partial charge is 0.408 e. The summed E-state index contributed by atoms with van der Waals surface area (Å²) in [6, 6.07) is 9.74. The van der Waals surface area contributed by atoms with Crippen LogP contribution in [0.3, 0.4) is 0 Å². The van der Waals surface area contributed by atoms with Crippen LogP contribution in [0.5, 0.6) is 0 Å². The van der Waals surface area contributed by atoms with Gasteiger partial charge in [0.2, 0.25) is 5.91 Å².